The molecule has 0 unspecified atom stereocenters. The fourth-order valence-corrected chi connectivity index (χ4v) is 3.11. The lowest BCUT2D eigenvalue weighted by atomic mass is 10.1. The quantitative estimate of drug-likeness (QED) is 0.617. The molecule has 1 heterocycles. The van der Waals surface area contributed by atoms with Gasteiger partial charge in [0.25, 0.3) is 0 Å². The monoisotopic (exact) mass is 275 g/mol. The molecule has 1 aromatic carbocycles. The van der Waals surface area contributed by atoms with Crippen LogP contribution in [0, 0.1) is 0 Å². The topological polar surface area (TPSA) is 26.0 Å². The molecular weight excluding hydrogens is 270 g/mol. The SMILES string of the molecule is Nc1cc(CBr)c2c(Cl)csc2c1. The summed E-state index contributed by atoms with van der Waals surface area (Å²) in [6.45, 7) is 0. The van der Waals surface area contributed by atoms with E-state index in [1.165, 1.54) is 0 Å². The Hall–Kier alpha value is -0.250. The Kier molecular flexibility index (Phi) is 2.49. The number of alkyl halides is 1. The fourth-order valence-electron chi connectivity index (χ4n) is 1.34. The Morgan fingerprint density at radius 3 is 2.92 bits per heavy atom. The number of hydrogen-bond acceptors (Lipinski definition) is 2. The maximum Gasteiger partial charge on any atom is 0.0594 e. The van der Waals surface area contributed by atoms with Crippen molar-refractivity contribution in [2.75, 3.05) is 5.73 Å². The highest BCUT2D eigenvalue weighted by atomic mass is 79.9. The Balaban J connectivity index is 2.85. The first-order valence-electron chi connectivity index (χ1n) is 3.73. The van der Waals surface area contributed by atoms with Gasteiger partial charge in [-0.05, 0) is 17.7 Å². The summed E-state index contributed by atoms with van der Waals surface area (Å²) in [6, 6.07) is 3.91. The number of thiophene rings is 1. The molecule has 0 fully saturated rings. The third-order valence-corrected chi connectivity index (χ3v) is 3.84. The van der Waals surface area contributed by atoms with Gasteiger partial charge < -0.3 is 5.73 Å². The predicted octanol–water partition coefficient (Wildman–Crippen LogP) is 4.03. The highest BCUT2D eigenvalue weighted by molar-refractivity contribution is 9.08. The lowest BCUT2D eigenvalue weighted by molar-refractivity contribution is 1.50. The second kappa shape index (κ2) is 3.48. The number of fused-ring (bicyclic) bond motifs is 1. The first kappa shape index (κ1) is 9.31. The summed E-state index contributed by atoms with van der Waals surface area (Å²) in [7, 11) is 0. The van der Waals surface area contributed by atoms with Gasteiger partial charge in [-0.15, -0.1) is 11.3 Å². The van der Waals surface area contributed by atoms with Crippen molar-refractivity contribution in [1.29, 1.82) is 0 Å². The lowest BCUT2D eigenvalue weighted by Gasteiger charge is -2.01. The summed E-state index contributed by atoms with van der Waals surface area (Å²) in [5, 5.41) is 4.66. The highest BCUT2D eigenvalue weighted by Gasteiger charge is 2.07. The molecule has 68 valence electrons. The largest absolute Gasteiger partial charge is 0.399 e. The van der Waals surface area contributed by atoms with E-state index in [2.05, 4.69) is 15.9 Å². The van der Waals surface area contributed by atoms with Gasteiger partial charge in [0.2, 0.25) is 0 Å². The van der Waals surface area contributed by atoms with Crippen molar-refractivity contribution in [2.24, 2.45) is 0 Å². The van der Waals surface area contributed by atoms with E-state index in [1.807, 2.05) is 17.5 Å². The average molecular weight is 277 g/mol. The number of benzene rings is 1. The van der Waals surface area contributed by atoms with Crippen LogP contribution in [0.1, 0.15) is 5.56 Å². The highest BCUT2D eigenvalue weighted by Crippen LogP contribution is 2.35. The van der Waals surface area contributed by atoms with Crippen molar-refractivity contribution < 1.29 is 0 Å². The summed E-state index contributed by atoms with van der Waals surface area (Å²) < 4.78 is 1.15. The molecule has 0 radical (unpaired) electrons. The predicted molar refractivity (Wildman–Crippen MR) is 63.9 cm³/mol. The summed E-state index contributed by atoms with van der Waals surface area (Å²) in [6.07, 6.45) is 0. The number of hydrogen-bond donors (Lipinski definition) is 1. The number of nitrogens with two attached hydrogens (primary N) is 1. The summed E-state index contributed by atoms with van der Waals surface area (Å²) in [4.78, 5) is 0. The van der Waals surface area contributed by atoms with Gasteiger partial charge in [0.05, 0.1) is 5.02 Å². The molecule has 0 saturated carbocycles. The number of anilines is 1. The van der Waals surface area contributed by atoms with Crippen LogP contribution in [0.2, 0.25) is 5.02 Å². The first-order chi connectivity index (χ1) is 6.22. The fraction of sp³-hybridized carbons (Fsp3) is 0.111. The van der Waals surface area contributed by atoms with Gasteiger partial charge >= 0.3 is 0 Å². The van der Waals surface area contributed by atoms with Gasteiger partial charge in [0.15, 0.2) is 0 Å². The first-order valence-corrected chi connectivity index (χ1v) is 6.11. The van der Waals surface area contributed by atoms with Gasteiger partial charge in [0.1, 0.15) is 0 Å². The minimum atomic E-state index is 0.783. The zero-order valence-electron chi connectivity index (χ0n) is 6.68. The van der Waals surface area contributed by atoms with Crippen LogP contribution in [0.5, 0.6) is 0 Å². The van der Waals surface area contributed by atoms with Crippen LogP contribution in [0.3, 0.4) is 0 Å². The third kappa shape index (κ3) is 1.56. The number of halogens is 2. The maximum atomic E-state index is 6.06. The number of nitrogen functional groups attached to an aromatic ring is 1. The Morgan fingerprint density at radius 2 is 2.23 bits per heavy atom. The van der Waals surface area contributed by atoms with Crippen molar-refractivity contribution in [1.82, 2.24) is 0 Å². The Morgan fingerprint density at radius 1 is 1.46 bits per heavy atom. The van der Waals surface area contributed by atoms with Gasteiger partial charge in [-0.25, -0.2) is 0 Å². The van der Waals surface area contributed by atoms with Gasteiger partial charge in [-0.3, -0.25) is 0 Å². The van der Waals surface area contributed by atoms with Crippen LogP contribution in [0.25, 0.3) is 10.1 Å². The molecule has 1 nitrogen and oxygen atoms in total. The summed E-state index contributed by atoms with van der Waals surface area (Å²) in [5.41, 5.74) is 7.70. The number of rotatable bonds is 1. The molecule has 2 rings (SSSR count). The molecule has 2 N–H and O–H groups in total. The van der Waals surface area contributed by atoms with Crippen molar-refractivity contribution >= 4 is 54.6 Å². The molecule has 0 bridgehead atoms. The van der Waals surface area contributed by atoms with Crippen LogP contribution in [-0.2, 0) is 5.33 Å². The third-order valence-electron chi connectivity index (χ3n) is 1.88. The smallest absolute Gasteiger partial charge is 0.0594 e. The van der Waals surface area contributed by atoms with E-state index in [4.69, 9.17) is 17.3 Å². The van der Waals surface area contributed by atoms with Crippen LogP contribution in [0.15, 0.2) is 17.5 Å². The van der Waals surface area contributed by atoms with Crippen molar-refractivity contribution in [3.63, 3.8) is 0 Å². The molecular formula is C9H7BrClNS. The van der Waals surface area contributed by atoms with Gasteiger partial charge in [0, 0.05) is 26.5 Å². The second-order valence-corrected chi connectivity index (χ2v) is 4.65. The molecule has 13 heavy (non-hydrogen) atoms. The molecule has 0 spiro atoms. The molecule has 0 aliphatic carbocycles. The molecule has 0 atom stereocenters. The van der Waals surface area contributed by atoms with E-state index >= 15 is 0 Å². The minimum absolute atomic E-state index is 0.783. The van der Waals surface area contributed by atoms with Crippen LogP contribution in [-0.4, -0.2) is 0 Å². The molecule has 1 aromatic heterocycles. The average Bonchev–Trinajstić information content (AvgIpc) is 2.46. The maximum absolute atomic E-state index is 6.06. The minimum Gasteiger partial charge on any atom is -0.399 e. The molecule has 0 aliphatic heterocycles. The van der Waals surface area contributed by atoms with Crippen molar-refractivity contribution in [3.05, 3.63) is 28.1 Å². The molecule has 0 aliphatic rings. The van der Waals surface area contributed by atoms with Gasteiger partial charge in [-0.1, -0.05) is 27.5 Å². The molecule has 4 heteroatoms. The lowest BCUT2D eigenvalue weighted by Crippen LogP contribution is -1.87. The standard InChI is InChI=1S/C9H7BrClNS/c10-3-5-1-6(12)2-8-9(5)7(11)4-13-8/h1-2,4H,3,12H2. The van der Waals surface area contributed by atoms with Crippen molar-refractivity contribution in [3.8, 4) is 0 Å². The molecule has 2 aromatic rings. The molecule has 0 saturated heterocycles. The van der Waals surface area contributed by atoms with Crippen LogP contribution in [0.4, 0.5) is 5.69 Å². The van der Waals surface area contributed by atoms with E-state index in [0.717, 1.165) is 31.7 Å². The molecule has 0 amide bonds. The summed E-state index contributed by atoms with van der Waals surface area (Å²) in [5.74, 6) is 0. The summed E-state index contributed by atoms with van der Waals surface area (Å²) >= 11 is 11.1. The van der Waals surface area contributed by atoms with E-state index < -0.39 is 0 Å². The Bertz CT molecular complexity index is 452. The van der Waals surface area contributed by atoms with E-state index in [0.29, 0.717) is 0 Å². The van der Waals surface area contributed by atoms with E-state index in [-0.39, 0.29) is 0 Å². The zero-order valence-corrected chi connectivity index (χ0v) is 9.84. The van der Waals surface area contributed by atoms with Crippen LogP contribution >= 0.6 is 38.9 Å². The second-order valence-electron chi connectivity index (χ2n) is 2.77. The van der Waals surface area contributed by atoms with Crippen LogP contribution < -0.4 is 5.73 Å². The van der Waals surface area contributed by atoms with E-state index in [1.54, 1.807) is 11.3 Å². The Labute approximate surface area is 93.6 Å². The zero-order chi connectivity index (χ0) is 9.42. The van der Waals surface area contributed by atoms with E-state index in [9.17, 15) is 0 Å². The van der Waals surface area contributed by atoms with Crippen molar-refractivity contribution in [2.45, 2.75) is 5.33 Å². The van der Waals surface area contributed by atoms with Gasteiger partial charge in [-0.2, -0.15) is 0 Å². The normalized spacial score (nSPS) is 10.9.